The van der Waals surface area contributed by atoms with Crippen molar-refractivity contribution in [1.29, 1.82) is 0 Å². The molecule has 0 radical (unpaired) electrons. The molecule has 0 saturated carbocycles. The van der Waals surface area contributed by atoms with Crippen molar-refractivity contribution >= 4 is 38.7 Å². The molecule has 0 aliphatic carbocycles. The molecule has 1 aliphatic rings. The van der Waals surface area contributed by atoms with Crippen LogP contribution >= 0.6 is 15.9 Å². The highest BCUT2D eigenvalue weighted by atomic mass is 79.9. The van der Waals surface area contributed by atoms with Crippen LogP contribution in [0.15, 0.2) is 16.9 Å². The van der Waals surface area contributed by atoms with E-state index in [2.05, 4.69) is 25.9 Å². The van der Waals surface area contributed by atoms with Crippen molar-refractivity contribution in [3.63, 3.8) is 0 Å². The average molecular weight is 493 g/mol. The first kappa shape index (κ1) is 22.5. The number of alkyl halides is 3. The molecule has 1 fully saturated rings. The lowest BCUT2D eigenvalue weighted by Gasteiger charge is -2.28. The number of nitrogens with zero attached hydrogens (tertiary/aromatic N) is 4. The van der Waals surface area contributed by atoms with Gasteiger partial charge in [-0.25, -0.2) is 19.2 Å². The Balaban J connectivity index is 1.93. The van der Waals surface area contributed by atoms with Crippen LogP contribution in [0.4, 0.5) is 28.2 Å². The molecule has 0 spiro atoms. The number of likely N-dealkylation sites (N-methyl/N-ethyl adjacent to an activating group) is 1. The molecule has 0 unspecified atom stereocenters. The summed E-state index contributed by atoms with van der Waals surface area (Å²) in [5, 5.41) is -0.0521. The van der Waals surface area contributed by atoms with Crippen LogP contribution in [-0.2, 0) is 10.9 Å². The number of hydrogen-bond donors (Lipinski definition) is 0. The zero-order valence-electron chi connectivity index (χ0n) is 16.8. The Morgan fingerprint density at radius 3 is 2.57 bits per heavy atom. The number of carbonyl (C=O) groups is 1. The first-order valence-electron chi connectivity index (χ1n) is 9.20. The second kappa shape index (κ2) is 7.82. The first-order valence-corrected chi connectivity index (χ1v) is 9.99. The Morgan fingerprint density at radius 1 is 1.30 bits per heavy atom. The number of aromatic nitrogens is 2. The smallest absolute Gasteiger partial charge is 0.417 e. The van der Waals surface area contributed by atoms with Gasteiger partial charge in [0.25, 0.3) is 0 Å². The van der Waals surface area contributed by atoms with E-state index in [1.807, 2.05) is 0 Å². The molecule has 1 aromatic heterocycles. The molecular formula is C19H21BrF4N4O2. The van der Waals surface area contributed by atoms with E-state index in [1.165, 1.54) is 4.90 Å². The van der Waals surface area contributed by atoms with Crippen molar-refractivity contribution in [2.75, 3.05) is 25.0 Å². The van der Waals surface area contributed by atoms with Gasteiger partial charge >= 0.3 is 12.3 Å². The number of rotatable bonds is 2. The maximum atomic E-state index is 14.6. The minimum absolute atomic E-state index is 0.0521. The van der Waals surface area contributed by atoms with Gasteiger partial charge in [0, 0.05) is 31.6 Å². The Bertz CT molecular complexity index is 978. The molecule has 164 valence electrons. The van der Waals surface area contributed by atoms with Crippen molar-refractivity contribution in [2.45, 2.75) is 45.0 Å². The SMILES string of the molecule is CN(c1ncnc2c(F)c(Br)c(C(F)(F)F)cc12)[C@@H]1CCN(C(=O)OC(C)(C)C)C1. The predicted octanol–water partition coefficient (Wildman–Crippen LogP) is 5.00. The fourth-order valence-electron chi connectivity index (χ4n) is 3.33. The quantitative estimate of drug-likeness (QED) is 0.552. The molecule has 0 N–H and O–H groups in total. The van der Waals surface area contributed by atoms with E-state index in [1.54, 1.807) is 32.7 Å². The minimum Gasteiger partial charge on any atom is -0.444 e. The van der Waals surface area contributed by atoms with Gasteiger partial charge in [0.05, 0.1) is 10.0 Å². The molecule has 1 atom stereocenters. The van der Waals surface area contributed by atoms with E-state index in [-0.39, 0.29) is 22.8 Å². The third-order valence-electron chi connectivity index (χ3n) is 4.79. The monoisotopic (exact) mass is 492 g/mol. The zero-order chi connectivity index (χ0) is 22.4. The van der Waals surface area contributed by atoms with Crippen LogP contribution in [-0.4, -0.2) is 52.7 Å². The summed E-state index contributed by atoms with van der Waals surface area (Å²) < 4.78 is 59.4. The number of benzene rings is 1. The molecule has 1 amide bonds. The number of hydrogen-bond acceptors (Lipinski definition) is 5. The van der Waals surface area contributed by atoms with E-state index >= 15 is 0 Å². The fraction of sp³-hybridized carbons (Fsp3) is 0.526. The van der Waals surface area contributed by atoms with Crippen LogP contribution in [0.3, 0.4) is 0 Å². The van der Waals surface area contributed by atoms with E-state index in [9.17, 15) is 22.4 Å². The van der Waals surface area contributed by atoms with Gasteiger partial charge in [0.15, 0.2) is 5.82 Å². The predicted molar refractivity (Wildman–Crippen MR) is 107 cm³/mol. The summed E-state index contributed by atoms with van der Waals surface area (Å²) in [4.78, 5) is 23.4. The van der Waals surface area contributed by atoms with Crippen LogP contribution in [0.2, 0.25) is 0 Å². The van der Waals surface area contributed by atoms with Crippen molar-refractivity contribution in [1.82, 2.24) is 14.9 Å². The summed E-state index contributed by atoms with van der Waals surface area (Å²) in [6.07, 6.45) is -3.54. The Labute approximate surface area is 179 Å². The average Bonchev–Trinajstić information content (AvgIpc) is 3.11. The van der Waals surface area contributed by atoms with Gasteiger partial charge in [-0.2, -0.15) is 13.2 Å². The van der Waals surface area contributed by atoms with Gasteiger partial charge in [-0.1, -0.05) is 0 Å². The van der Waals surface area contributed by atoms with Crippen molar-refractivity contribution in [2.24, 2.45) is 0 Å². The maximum Gasteiger partial charge on any atom is 0.417 e. The molecule has 1 aliphatic heterocycles. The fourth-order valence-corrected chi connectivity index (χ4v) is 3.86. The van der Waals surface area contributed by atoms with Gasteiger partial charge in [-0.3, -0.25) is 0 Å². The number of likely N-dealkylation sites (tertiary alicyclic amines) is 1. The summed E-state index contributed by atoms with van der Waals surface area (Å²) in [5.41, 5.74) is -1.99. The lowest BCUT2D eigenvalue weighted by atomic mass is 10.1. The third-order valence-corrected chi connectivity index (χ3v) is 5.57. The summed E-state index contributed by atoms with van der Waals surface area (Å²) in [5.74, 6) is -0.938. The Morgan fingerprint density at radius 2 is 1.97 bits per heavy atom. The molecule has 0 bridgehead atoms. The lowest BCUT2D eigenvalue weighted by Crippen LogP contribution is -2.39. The van der Waals surface area contributed by atoms with E-state index in [4.69, 9.17) is 4.74 Å². The number of amides is 1. The summed E-state index contributed by atoms with van der Waals surface area (Å²) >= 11 is 2.69. The van der Waals surface area contributed by atoms with Crippen LogP contribution in [0.1, 0.15) is 32.8 Å². The second-order valence-electron chi connectivity index (χ2n) is 8.12. The van der Waals surface area contributed by atoms with Crippen LogP contribution < -0.4 is 4.90 Å². The molecule has 3 rings (SSSR count). The van der Waals surface area contributed by atoms with Crippen molar-refractivity contribution in [3.05, 3.63) is 28.2 Å². The second-order valence-corrected chi connectivity index (χ2v) is 8.92. The minimum atomic E-state index is -4.75. The van der Waals surface area contributed by atoms with E-state index in [0.717, 1.165) is 12.4 Å². The summed E-state index contributed by atoms with van der Waals surface area (Å²) in [6.45, 7) is 6.04. The molecule has 11 heteroatoms. The van der Waals surface area contributed by atoms with Gasteiger partial charge < -0.3 is 14.5 Å². The molecule has 2 aromatic rings. The highest BCUT2D eigenvalue weighted by Gasteiger charge is 2.37. The van der Waals surface area contributed by atoms with Crippen LogP contribution in [0, 0.1) is 5.82 Å². The molecule has 1 saturated heterocycles. The summed E-state index contributed by atoms with van der Waals surface area (Å²) in [7, 11) is 1.65. The van der Waals surface area contributed by atoms with Crippen LogP contribution in [0.25, 0.3) is 10.9 Å². The number of carbonyl (C=O) groups excluding carboxylic acids is 1. The Hall–Kier alpha value is -2.17. The Kier molecular flexibility index (Phi) is 5.87. The van der Waals surface area contributed by atoms with Crippen LogP contribution in [0.5, 0.6) is 0 Å². The summed E-state index contributed by atoms with van der Waals surface area (Å²) in [6, 6.07) is 0.617. The van der Waals surface area contributed by atoms with E-state index < -0.39 is 33.7 Å². The zero-order valence-corrected chi connectivity index (χ0v) is 18.4. The topological polar surface area (TPSA) is 58.6 Å². The van der Waals surface area contributed by atoms with Crippen molar-refractivity contribution in [3.8, 4) is 0 Å². The number of halogens is 5. The number of anilines is 1. The third kappa shape index (κ3) is 4.45. The van der Waals surface area contributed by atoms with Gasteiger partial charge in [0.1, 0.15) is 23.3 Å². The highest BCUT2D eigenvalue weighted by Crippen LogP contribution is 2.40. The highest BCUT2D eigenvalue weighted by molar-refractivity contribution is 9.10. The number of ether oxygens (including phenoxy) is 1. The molecular weight excluding hydrogens is 472 g/mol. The molecule has 1 aromatic carbocycles. The first-order chi connectivity index (χ1) is 13.8. The van der Waals surface area contributed by atoms with E-state index in [0.29, 0.717) is 19.5 Å². The standard InChI is InChI=1S/C19H21BrF4N4O2/c1-18(2,3)30-17(29)28-6-5-10(8-28)27(4)16-11-7-12(19(22,23)24)13(20)14(21)15(11)25-9-26-16/h7,9-10H,5-6,8H2,1-4H3/t10-/m1/s1. The lowest BCUT2D eigenvalue weighted by molar-refractivity contribution is -0.138. The largest absolute Gasteiger partial charge is 0.444 e. The normalized spacial score (nSPS) is 17.5. The van der Waals surface area contributed by atoms with Gasteiger partial charge in [-0.15, -0.1) is 0 Å². The maximum absolute atomic E-state index is 14.6. The molecule has 30 heavy (non-hydrogen) atoms. The van der Waals surface area contributed by atoms with Gasteiger partial charge in [-0.05, 0) is 49.2 Å². The van der Waals surface area contributed by atoms with Crippen molar-refractivity contribution < 1.29 is 27.1 Å². The number of fused-ring (bicyclic) bond motifs is 1. The van der Waals surface area contributed by atoms with Gasteiger partial charge in [0.2, 0.25) is 0 Å². The molecule has 2 heterocycles. The molecule has 6 nitrogen and oxygen atoms in total.